The highest BCUT2D eigenvalue weighted by atomic mass is 16.5. The summed E-state index contributed by atoms with van der Waals surface area (Å²) in [6.45, 7) is 3.08. The van der Waals surface area contributed by atoms with Gasteiger partial charge < -0.3 is 54.0 Å². The van der Waals surface area contributed by atoms with Crippen LogP contribution in [0.15, 0.2) is 206 Å². The fraction of sp³-hybridized carbons (Fsp3) is 0.205. The first-order valence-electron chi connectivity index (χ1n) is 30.7. The number of benzene rings is 13. The Labute approximate surface area is 527 Å². The monoisotopic (exact) mass is 1210 g/mol. The van der Waals surface area contributed by atoms with Crippen LogP contribution in [0.4, 0.5) is 0 Å². The van der Waals surface area contributed by atoms with Gasteiger partial charge in [0, 0.05) is 71.8 Å². The lowest BCUT2D eigenvalue weighted by atomic mass is 9.76. The van der Waals surface area contributed by atoms with Gasteiger partial charge in [-0.15, -0.1) is 0 Å². The molecule has 0 aliphatic heterocycles. The smallest absolute Gasteiger partial charge is 0.251 e. The van der Waals surface area contributed by atoms with E-state index in [4.69, 9.17) is 33.2 Å². The summed E-state index contributed by atoms with van der Waals surface area (Å²) in [7, 11) is 6.32. The van der Waals surface area contributed by atoms with Crippen molar-refractivity contribution >= 4 is 87.2 Å². The number of hydrogen-bond acceptors (Lipinski definition) is 11. The highest BCUT2D eigenvalue weighted by Gasteiger charge is 2.41. The summed E-state index contributed by atoms with van der Waals surface area (Å²) in [5.74, 6) is 1.46. The molecule has 458 valence electrons. The van der Waals surface area contributed by atoms with Crippen LogP contribution >= 0.6 is 0 Å². The molecule has 13 heteroatoms. The largest absolute Gasteiger partial charge is 0.497 e. The number of rotatable bonds is 26. The van der Waals surface area contributed by atoms with Crippen LogP contribution in [-0.4, -0.2) is 103 Å². The van der Waals surface area contributed by atoms with Crippen molar-refractivity contribution in [1.82, 2.24) is 10.6 Å². The van der Waals surface area contributed by atoms with E-state index in [-0.39, 0.29) is 11.8 Å². The molecule has 0 aromatic heterocycles. The molecule has 0 saturated carbocycles. The molecule has 4 N–H and O–H groups in total. The second-order valence-corrected chi connectivity index (χ2v) is 22.8. The standard InChI is InChI=1S/C78H70N2O11/c1-85-57-29-34-67(69(47-57)87-3)77(83,65-33-28-52-26-25-50-13-5-14-51-27-31-64(65)73(52)71(50)51)55-19-6-17-53(45-55)75(81)79-37-11-39-89-41-43-91-44-42-90-40-12-38-80-76(82)54-18-7-20-56(46-54)78(84,68-35-30-58(86-2)48-70(68)88-4)66-36-32-62-60-22-9-16-49-15-8-21-59(72(49)60)61-23-10-24-63(66)74(61)62/h5-10,13-36,45-48,83-84H,11-12,37-44H2,1-4H3,(H,79,81)(H,80,82). The molecule has 13 aromatic carbocycles. The molecule has 2 atom stereocenters. The number of methoxy groups -OCH3 is 4. The van der Waals surface area contributed by atoms with Crippen LogP contribution in [0, 0.1) is 0 Å². The molecule has 0 radical (unpaired) electrons. The molecule has 13 rings (SSSR count). The maximum absolute atomic E-state index is 13.9. The summed E-state index contributed by atoms with van der Waals surface area (Å²) in [6.07, 6.45) is 1.15. The third-order valence-electron chi connectivity index (χ3n) is 17.8. The molecule has 0 saturated heterocycles. The molecule has 13 aromatic rings. The zero-order valence-corrected chi connectivity index (χ0v) is 51.3. The molecular weight excluding hydrogens is 1140 g/mol. The minimum Gasteiger partial charge on any atom is -0.497 e. The van der Waals surface area contributed by atoms with Crippen LogP contribution in [0.3, 0.4) is 0 Å². The number of fused-ring (bicyclic) bond motifs is 2. The predicted octanol–water partition coefficient (Wildman–Crippen LogP) is 14.2. The number of nitrogens with one attached hydrogen (secondary N) is 2. The molecule has 0 aliphatic carbocycles. The van der Waals surface area contributed by atoms with Gasteiger partial charge in [0.2, 0.25) is 0 Å². The lowest BCUT2D eigenvalue weighted by Crippen LogP contribution is -2.31. The second kappa shape index (κ2) is 25.9. The Morgan fingerprint density at radius 3 is 1.24 bits per heavy atom. The van der Waals surface area contributed by atoms with Crippen molar-refractivity contribution in [3.63, 3.8) is 0 Å². The van der Waals surface area contributed by atoms with Gasteiger partial charge in [-0.05, 0) is 148 Å². The van der Waals surface area contributed by atoms with Crippen molar-refractivity contribution in [2.45, 2.75) is 24.0 Å². The van der Waals surface area contributed by atoms with Gasteiger partial charge in [-0.2, -0.15) is 0 Å². The fourth-order valence-corrected chi connectivity index (χ4v) is 13.4. The van der Waals surface area contributed by atoms with Crippen LogP contribution in [0.2, 0.25) is 0 Å². The van der Waals surface area contributed by atoms with E-state index in [1.165, 1.54) is 10.8 Å². The van der Waals surface area contributed by atoms with E-state index < -0.39 is 11.2 Å². The first-order valence-corrected chi connectivity index (χ1v) is 30.7. The van der Waals surface area contributed by atoms with E-state index in [9.17, 15) is 19.8 Å². The molecule has 91 heavy (non-hydrogen) atoms. The summed E-state index contributed by atoms with van der Waals surface area (Å²) >= 11 is 0. The lowest BCUT2D eigenvalue weighted by molar-refractivity contribution is 0.0139. The van der Waals surface area contributed by atoms with Crippen molar-refractivity contribution in [2.24, 2.45) is 0 Å². The first-order chi connectivity index (χ1) is 44.6. The Bertz CT molecular complexity index is 4750. The Morgan fingerprint density at radius 2 is 0.725 bits per heavy atom. The third kappa shape index (κ3) is 11.1. The summed E-state index contributed by atoms with van der Waals surface area (Å²) < 4.78 is 40.4. The quantitative estimate of drug-likeness (QED) is 0.0177. The van der Waals surface area contributed by atoms with E-state index in [1.54, 1.807) is 83.0 Å². The van der Waals surface area contributed by atoms with Crippen LogP contribution in [0.1, 0.15) is 66.9 Å². The van der Waals surface area contributed by atoms with Crippen molar-refractivity contribution in [3.8, 4) is 23.0 Å². The third-order valence-corrected chi connectivity index (χ3v) is 17.8. The van der Waals surface area contributed by atoms with Crippen molar-refractivity contribution in [1.29, 1.82) is 0 Å². The summed E-state index contributed by atoms with van der Waals surface area (Å²) in [5.41, 5.74) is 0.548. The van der Waals surface area contributed by atoms with Gasteiger partial charge in [0.15, 0.2) is 0 Å². The minimum absolute atomic E-state index is 0.278. The number of ether oxygens (including phenoxy) is 7. The van der Waals surface area contributed by atoms with E-state index in [2.05, 4.69) is 108 Å². The first kappa shape index (κ1) is 60.1. The zero-order chi connectivity index (χ0) is 62.6. The molecule has 13 nitrogen and oxygen atoms in total. The molecule has 0 bridgehead atoms. The highest BCUT2D eigenvalue weighted by molar-refractivity contribution is 6.33. The van der Waals surface area contributed by atoms with Crippen LogP contribution in [0.25, 0.3) is 75.4 Å². The number of aliphatic hydroxyl groups is 2. The normalized spacial score (nSPS) is 13.1. The van der Waals surface area contributed by atoms with Gasteiger partial charge in [-0.1, -0.05) is 146 Å². The molecular formula is C78H70N2O11. The number of carbonyl (C=O) groups is 2. The molecule has 2 unspecified atom stereocenters. The van der Waals surface area contributed by atoms with E-state index in [0.717, 1.165) is 64.6 Å². The average Bonchev–Trinajstić information content (AvgIpc) is 0.756. The molecule has 0 fully saturated rings. The predicted molar refractivity (Wildman–Crippen MR) is 360 cm³/mol. The molecule has 2 amide bonds. The maximum atomic E-state index is 13.9. The maximum Gasteiger partial charge on any atom is 0.251 e. The van der Waals surface area contributed by atoms with Crippen molar-refractivity contribution in [3.05, 3.63) is 251 Å². The Morgan fingerprint density at radius 1 is 0.352 bits per heavy atom. The van der Waals surface area contributed by atoms with Gasteiger partial charge in [0.05, 0.1) is 54.9 Å². The molecule has 0 aliphatic rings. The number of amides is 2. The number of hydrogen-bond donors (Lipinski definition) is 4. The minimum atomic E-state index is -1.78. The number of carbonyl (C=O) groups excluding carboxylic acids is 2. The SMILES string of the molecule is COc1ccc(C(O)(c2cccc(C(=O)NCCCOCCOCCOCCCNC(=O)c3cccc(C(O)(c4ccc(OC)cc4OC)c4ccc5ccc6cccc7ccc4c5c67)c3)c2)c2ccc3c4cccc5cccc(c6cccc2c63)c54)c(OC)c1. The van der Waals surface area contributed by atoms with Gasteiger partial charge >= 0.3 is 0 Å². The van der Waals surface area contributed by atoms with Crippen LogP contribution in [-0.2, 0) is 25.4 Å². The zero-order valence-electron chi connectivity index (χ0n) is 51.3. The van der Waals surface area contributed by atoms with Gasteiger partial charge in [0.1, 0.15) is 34.2 Å². The molecule has 0 spiro atoms. The highest BCUT2D eigenvalue weighted by Crippen LogP contribution is 2.50. The lowest BCUT2D eigenvalue weighted by Gasteiger charge is -2.33. The van der Waals surface area contributed by atoms with Crippen molar-refractivity contribution in [2.75, 3.05) is 81.2 Å². The fourth-order valence-electron chi connectivity index (χ4n) is 13.4. The van der Waals surface area contributed by atoms with E-state index in [0.29, 0.717) is 133 Å². The van der Waals surface area contributed by atoms with Crippen LogP contribution < -0.4 is 29.6 Å². The van der Waals surface area contributed by atoms with Gasteiger partial charge in [-0.25, -0.2) is 0 Å². The molecule has 0 heterocycles. The Balaban J connectivity index is 0.584. The Kier molecular flexibility index (Phi) is 17.1. The second-order valence-electron chi connectivity index (χ2n) is 22.8. The summed E-state index contributed by atoms with van der Waals surface area (Å²) in [4.78, 5) is 27.6. The topological polar surface area (TPSA) is 163 Å². The summed E-state index contributed by atoms with van der Waals surface area (Å²) in [6, 6.07) is 66.8. The van der Waals surface area contributed by atoms with Gasteiger partial charge in [0.25, 0.3) is 11.8 Å². The summed E-state index contributed by atoms with van der Waals surface area (Å²) in [5, 5.41) is 48.2. The average molecular weight is 1210 g/mol. The van der Waals surface area contributed by atoms with Crippen molar-refractivity contribution < 1.29 is 53.0 Å². The Hall–Kier alpha value is -9.86. The van der Waals surface area contributed by atoms with Crippen LogP contribution in [0.5, 0.6) is 23.0 Å². The van der Waals surface area contributed by atoms with Gasteiger partial charge in [-0.3, -0.25) is 9.59 Å². The van der Waals surface area contributed by atoms with E-state index in [1.807, 2.05) is 54.6 Å². The van der Waals surface area contributed by atoms with E-state index >= 15 is 0 Å².